The van der Waals surface area contributed by atoms with Crippen LogP contribution in [0.15, 0.2) is 40.4 Å². The lowest BCUT2D eigenvalue weighted by atomic mass is 9.93. The molecule has 5 nitrogen and oxygen atoms in total. The molecule has 1 aromatic rings. The molecule has 2 aliphatic rings. The average molecular weight is 288 g/mol. The van der Waals surface area contributed by atoms with E-state index in [4.69, 9.17) is 5.11 Å². The maximum atomic E-state index is 11.2. The zero-order valence-corrected chi connectivity index (χ0v) is 11.5. The molecular formula is C14H12N2O3S. The first-order valence-corrected chi connectivity index (χ1v) is 7.02. The SMILES string of the molecule is CC(C=O)C1c2ccsc2N=C2C=CC(C(=O)O)=CN21. The van der Waals surface area contributed by atoms with Crippen molar-refractivity contribution in [3.8, 4) is 0 Å². The number of carbonyl (C=O) groups is 2. The first-order chi connectivity index (χ1) is 9.61. The summed E-state index contributed by atoms with van der Waals surface area (Å²) in [5.41, 5.74) is 1.15. The van der Waals surface area contributed by atoms with Crippen molar-refractivity contribution in [1.29, 1.82) is 0 Å². The number of amidine groups is 1. The quantitative estimate of drug-likeness (QED) is 0.868. The molecular weight excluding hydrogens is 276 g/mol. The van der Waals surface area contributed by atoms with Crippen molar-refractivity contribution in [3.05, 3.63) is 40.9 Å². The fourth-order valence-electron chi connectivity index (χ4n) is 2.45. The Kier molecular flexibility index (Phi) is 3.02. The lowest BCUT2D eigenvalue weighted by Gasteiger charge is -2.37. The number of fused-ring (bicyclic) bond motifs is 2. The average Bonchev–Trinajstić information content (AvgIpc) is 2.90. The van der Waals surface area contributed by atoms with Gasteiger partial charge >= 0.3 is 5.97 Å². The second kappa shape index (κ2) is 4.72. The Morgan fingerprint density at radius 2 is 2.35 bits per heavy atom. The van der Waals surface area contributed by atoms with Crippen LogP contribution in [0.25, 0.3) is 0 Å². The standard InChI is InChI=1S/C14H12N2O3S/c1-8(7-17)12-10-4-5-20-13(10)15-11-3-2-9(14(18)19)6-16(11)12/h2-8,12H,1H3,(H,18,19). The summed E-state index contributed by atoms with van der Waals surface area (Å²) in [5.74, 6) is -0.579. The Labute approximate surface area is 119 Å². The van der Waals surface area contributed by atoms with Crippen LogP contribution in [0.1, 0.15) is 18.5 Å². The maximum Gasteiger partial charge on any atom is 0.337 e. The summed E-state index contributed by atoms with van der Waals surface area (Å²) in [6.45, 7) is 1.83. The van der Waals surface area contributed by atoms with Gasteiger partial charge in [0.05, 0.1) is 11.6 Å². The van der Waals surface area contributed by atoms with E-state index in [0.717, 1.165) is 16.9 Å². The van der Waals surface area contributed by atoms with Crippen molar-refractivity contribution in [2.24, 2.45) is 10.9 Å². The number of hydrogen-bond acceptors (Lipinski definition) is 5. The molecule has 2 aliphatic heterocycles. The highest BCUT2D eigenvalue weighted by atomic mass is 32.1. The van der Waals surface area contributed by atoms with Crippen molar-refractivity contribution >= 4 is 34.4 Å². The third-order valence-electron chi connectivity index (χ3n) is 3.42. The van der Waals surface area contributed by atoms with Crippen LogP contribution in [-0.4, -0.2) is 28.1 Å². The molecule has 0 spiro atoms. The van der Waals surface area contributed by atoms with E-state index in [1.54, 1.807) is 17.2 Å². The second-order valence-corrected chi connectivity index (χ2v) is 5.62. The van der Waals surface area contributed by atoms with Crippen molar-refractivity contribution in [2.45, 2.75) is 13.0 Å². The Balaban J connectivity index is 2.12. The van der Waals surface area contributed by atoms with Gasteiger partial charge in [-0.2, -0.15) is 0 Å². The molecule has 1 N–H and O–H groups in total. The largest absolute Gasteiger partial charge is 0.478 e. The van der Waals surface area contributed by atoms with E-state index in [2.05, 4.69) is 4.99 Å². The van der Waals surface area contributed by atoms with Gasteiger partial charge in [-0.25, -0.2) is 9.79 Å². The Bertz CT molecular complexity index is 672. The van der Waals surface area contributed by atoms with E-state index in [1.807, 2.05) is 18.4 Å². The third-order valence-corrected chi connectivity index (χ3v) is 4.25. The summed E-state index contributed by atoms with van der Waals surface area (Å²) in [4.78, 5) is 28.6. The first kappa shape index (κ1) is 12.8. The van der Waals surface area contributed by atoms with Gasteiger partial charge in [0, 0.05) is 17.7 Å². The summed E-state index contributed by atoms with van der Waals surface area (Å²) in [6.07, 6.45) is 5.64. The number of aldehydes is 1. The second-order valence-electron chi connectivity index (χ2n) is 4.72. The van der Waals surface area contributed by atoms with Crippen molar-refractivity contribution in [2.75, 3.05) is 0 Å². The number of hydrogen-bond donors (Lipinski definition) is 1. The summed E-state index contributed by atoms with van der Waals surface area (Å²) < 4.78 is 0. The van der Waals surface area contributed by atoms with Crippen LogP contribution in [0.2, 0.25) is 0 Å². The van der Waals surface area contributed by atoms with Gasteiger partial charge in [0.25, 0.3) is 0 Å². The number of carboxylic acids is 1. The molecule has 3 heterocycles. The molecule has 0 saturated carbocycles. The lowest BCUT2D eigenvalue weighted by molar-refractivity contribution is -0.132. The van der Waals surface area contributed by atoms with E-state index < -0.39 is 5.97 Å². The molecule has 6 heteroatoms. The predicted octanol–water partition coefficient (Wildman–Crippen LogP) is 2.51. The van der Waals surface area contributed by atoms with Gasteiger partial charge in [-0.15, -0.1) is 11.3 Å². The third kappa shape index (κ3) is 1.89. The molecule has 0 amide bonds. The molecule has 0 bridgehead atoms. The normalized spacial score (nSPS) is 21.4. The van der Waals surface area contributed by atoms with E-state index in [0.29, 0.717) is 5.84 Å². The van der Waals surface area contributed by atoms with Crippen LogP contribution in [0.5, 0.6) is 0 Å². The van der Waals surface area contributed by atoms with Gasteiger partial charge < -0.3 is 14.8 Å². The lowest BCUT2D eigenvalue weighted by Crippen LogP contribution is -2.37. The van der Waals surface area contributed by atoms with Crippen molar-refractivity contribution < 1.29 is 14.7 Å². The molecule has 3 rings (SSSR count). The van der Waals surface area contributed by atoms with Crippen LogP contribution in [0.3, 0.4) is 0 Å². The Hall–Kier alpha value is -2.21. The van der Waals surface area contributed by atoms with Gasteiger partial charge in [0.15, 0.2) is 0 Å². The highest BCUT2D eigenvalue weighted by Crippen LogP contribution is 2.43. The zero-order valence-electron chi connectivity index (χ0n) is 10.7. The van der Waals surface area contributed by atoms with Crippen LogP contribution < -0.4 is 0 Å². The van der Waals surface area contributed by atoms with Gasteiger partial charge in [0.2, 0.25) is 0 Å². The Morgan fingerprint density at radius 3 is 3.05 bits per heavy atom. The summed E-state index contributed by atoms with van der Waals surface area (Å²) >= 11 is 1.52. The molecule has 0 radical (unpaired) electrons. The summed E-state index contributed by atoms with van der Waals surface area (Å²) in [7, 11) is 0. The minimum Gasteiger partial charge on any atom is -0.478 e. The summed E-state index contributed by atoms with van der Waals surface area (Å²) in [5, 5.41) is 11.9. The van der Waals surface area contributed by atoms with Gasteiger partial charge in [0.1, 0.15) is 17.1 Å². The molecule has 1 aromatic heterocycles. The van der Waals surface area contributed by atoms with Crippen LogP contribution in [0.4, 0.5) is 5.00 Å². The summed E-state index contributed by atoms with van der Waals surface area (Å²) in [6, 6.07) is 1.73. The van der Waals surface area contributed by atoms with E-state index in [-0.39, 0.29) is 17.5 Å². The smallest absolute Gasteiger partial charge is 0.337 e. The molecule has 2 atom stereocenters. The number of carboxylic acid groups (broad SMARTS) is 1. The number of nitrogens with zero attached hydrogens (tertiary/aromatic N) is 2. The minimum absolute atomic E-state index is 0.186. The minimum atomic E-state index is -0.992. The molecule has 20 heavy (non-hydrogen) atoms. The van der Waals surface area contributed by atoms with Crippen molar-refractivity contribution in [1.82, 2.24) is 4.90 Å². The number of aliphatic imine (C=N–C) groups is 1. The van der Waals surface area contributed by atoms with Crippen LogP contribution in [-0.2, 0) is 9.59 Å². The van der Waals surface area contributed by atoms with E-state index >= 15 is 0 Å². The predicted molar refractivity (Wildman–Crippen MR) is 76.1 cm³/mol. The molecule has 0 aromatic carbocycles. The topological polar surface area (TPSA) is 70.0 Å². The Morgan fingerprint density at radius 1 is 1.55 bits per heavy atom. The molecule has 102 valence electrons. The molecule has 0 aliphatic carbocycles. The van der Waals surface area contributed by atoms with E-state index in [1.165, 1.54) is 17.4 Å². The number of aliphatic carboxylic acids is 1. The van der Waals surface area contributed by atoms with Gasteiger partial charge in [-0.1, -0.05) is 6.92 Å². The zero-order chi connectivity index (χ0) is 14.3. The number of thiophene rings is 1. The number of carbonyl (C=O) groups excluding carboxylic acids is 1. The van der Waals surface area contributed by atoms with Gasteiger partial charge in [-0.05, 0) is 23.6 Å². The highest BCUT2D eigenvalue weighted by molar-refractivity contribution is 7.14. The molecule has 2 unspecified atom stereocenters. The molecule has 0 saturated heterocycles. The fraction of sp³-hybridized carbons (Fsp3) is 0.214. The van der Waals surface area contributed by atoms with Crippen LogP contribution >= 0.6 is 11.3 Å². The number of rotatable bonds is 3. The van der Waals surface area contributed by atoms with Crippen molar-refractivity contribution in [3.63, 3.8) is 0 Å². The highest BCUT2D eigenvalue weighted by Gasteiger charge is 2.34. The van der Waals surface area contributed by atoms with E-state index in [9.17, 15) is 9.59 Å². The first-order valence-electron chi connectivity index (χ1n) is 6.14. The molecule has 0 fully saturated rings. The van der Waals surface area contributed by atoms with Crippen LogP contribution in [0, 0.1) is 5.92 Å². The maximum absolute atomic E-state index is 11.2. The fourth-order valence-corrected chi connectivity index (χ4v) is 3.26. The van der Waals surface area contributed by atoms with Gasteiger partial charge in [-0.3, -0.25) is 0 Å². The monoisotopic (exact) mass is 288 g/mol.